The average Bonchev–Trinajstić information content (AvgIpc) is 3.33. The molecule has 0 amide bonds. The van der Waals surface area contributed by atoms with E-state index < -0.39 is 10.9 Å². The number of nitro groups is 1. The second-order valence-electron chi connectivity index (χ2n) is 7.61. The molecule has 2 heterocycles. The van der Waals surface area contributed by atoms with E-state index >= 15 is 0 Å². The summed E-state index contributed by atoms with van der Waals surface area (Å²) in [6.07, 6.45) is 4.27. The number of benzene rings is 2. The fraction of sp³-hybridized carbons (Fsp3) is 0.261. The maximum absolute atomic E-state index is 13.2. The zero-order chi connectivity index (χ0) is 23.4. The molecule has 3 aromatic rings. The smallest absolute Gasteiger partial charge is 0.330 e. The Kier molecular flexibility index (Phi) is 6.43. The monoisotopic (exact) mass is 452 g/mol. The van der Waals surface area contributed by atoms with Gasteiger partial charge in [0.2, 0.25) is 11.7 Å². The summed E-state index contributed by atoms with van der Waals surface area (Å²) in [6, 6.07) is 10.6. The highest BCUT2D eigenvalue weighted by Gasteiger charge is 2.29. The molecule has 4 rings (SSSR count). The van der Waals surface area contributed by atoms with Crippen LogP contribution in [0.15, 0.2) is 53.1 Å². The number of rotatable bonds is 6. The van der Waals surface area contributed by atoms with Gasteiger partial charge in [0.25, 0.3) is 5.69 Å². The van der Waals surface area contributed by atoms with Gasteiger partial charge in [0, 0.05) is 30.8 Å². The van der Waals surface area contributed by atoms with E-state index in [-0.39, 0.29) is 17.4 Å². The Hall–Kier alpha value is -4.08. The van der Waals surface area contributed by atoms with Crippen molar-refractivity contribution in [2.45, 2.75) is 18.8 Å². The Bertz CT molecular complexity index is 1190. The van der Waals surface area contributed by atoms with Gasteiger partial charge in [0.1, 0.15) is 11.5 Å². The van der Waals surface area contributed by atoms with Gasteiger partial charge < -0.3 is 14.2 Å². The van der Waals surface area contributed by atoms with Crippen LogP contribution in [0.25, 0.3) is 17.5 Å². The fourth-order valence-corrected chi connectivity index (χ4v) is 3.80. The molecule has 0 unspecified atom stereocenters. The van der Waals surface area contributed by atoms with Crippen molar-refractivity contribution < 1.29 is 23.4 Å². The minimum Gasteiger partial charge on any atom is -0.466 e. The summed E-state index contributed by atoms with van der Waals surface area (Å²) >= 11 is 0. The van der Waals surface area contributed by atoms with E-state index in [2.05, 4.69) is 14.9 Å². The van der Waals surface area contributed by atoms with Gasteiger partial charge >= 0.3 is 5.97 Å². The molecule has 1 atom stereocenters. The number of methoxy groups -OCH3 is 1. The van der Waals surface area contributed by atoms with Crippen LogP contribution in [-0.4, -0.2) is 41.2 Å². The number of nitrogens with zero attached hydrogens (tertiary/aromatic N) is 4. The summed E-state index contributed by atoms with van der Waals surface area (Å²) in [5.74, 6) is -0.174. The molecule has 1 saturated heterocycles. The van der Waals surface area contributed by atoms with Crippen molar-refractivity contribution in [1.29, 1.82) is 0 Å². The minimum absolute atomic E-state index is 0.0554. The van der Waals surface area contributed by atoms with Crippen molar-refractivity contribution in [3.8, 4) is 11.4 Å². The third-order valence-corrected chi connectivity index (χ3v) is 5.46. The van der Waals surface area contributed by atoms with Crippen LogP contribution in [0.2, 0.25) is 0 Å². The first-order valence-electron chi connectivity index (χ1n) is 10.3. The lowest BCUT2D eigenvalue weighted by atomic mass is 9.97. The van der Waals surface area contributed by atoms with Crippen LogP contribution in [0.4, 0.5) is 15.8 Å². The molecule has 0 spiro atoms. The van der Waals surface area contributed by atoms with Crippen molar-refractivity contribution in [2.24, 2.45) is 0 Å². The number of esters is 1. The van der Waals surface area contributed by atoms with Crippen LogP contribution < -0.4 is 4.90 Å². The number of carbonyl (C=O) groups is 1. The van der Waals surface area contributed by atoms with Crippen molar-refractivity contribution in [2.75, 3.05) is 25.1 Å². The molecule has 0 aliphatic carbocycles. The third-order valence-electron chi connectivity index (χ3n) is 5.46. The number of nitro benzene ring substituents is 1. The van der Waals surface area contributed by atoms with Crippen LogP contribution in [-0.2, 0) is 9.53 Å². The lowest BCUT2D eigenvalue weighted by Crippen LogP contribution is -2.34. The topological polar surface area (TPSA) is 112 Å². The van der Waals surface area contributed by atoms with E-state index in [9.17, 15) is 19.3 Å². The Balaban J connectivity index is 1.55. The Morgan fingerprint density at radius 2 is 2.09 bits per heavy atom. The first-order chi connectivity index (χ1) is 15.9. The summed E-state index contributed by atoms with van der Waals surface area (Å²) < 4.78 is 23.2. The lowest BCUT2D eigenvalue weighted by Gasteiger charge is -2.32. The molecule has 1 aliphatic heterocycles. The fourth-order valence-electron chi connectivity index (χ4n) is 3.80. The maximum atomic E-state index is 13.2. The molecule has 2 aromatic carbocycles. The summed E-state index contributed by atoms with van der Waals surface area (Å²) in [4.78, 5) is 29.0. The summed E-state index contributed by atoms with van der Waals surface area (Å²) in [7, 11) is 1.26. The minimum atomic E-state index is -0.542. The molecular weight excluding hydrogens is 431 g/mol. The number of anilines is 1. The van der Waals surface area contributed by atoms with Gasteiger partial charge in [-0.25, -0.2) is 9.18 Å². The second-order valence-corrected chi connectivity index (χ2v) is 7.61. The normalized spacial score (nSPS) is 16.2. The largest absolute Gasteiger partial charge is 0.466 e. The second kappa shape index (κ2) is 9.60. The summed E-state index contributed by atoms with van der Waals surface area (Å²) in [5, 5.41) is 15.7. The summed E-state index contributed by atoms with van der Waals surface area (Å²) in [6.45, 7) is 1.12. The van der Waals surface area contributed by atoms with Crippen molar-refractivity contribution >= 4 is 23.4 Å². The van der Waals surface area contributed by atoms with Gasteiger partial charge in [0.05, 0.1) is 18.0 Å². The van der Waals surface area contributed by atoms with E-state index in [0.717, 1.165) is 12.8 Å². The molecule has 0 bridgehead atoms. The first-order valence-corrected chi connectivity index (χ1v) is 10.3. The molecule has 1 fully saturated rings. The van der Waals surface area contributed by atoms with Crippen LogP contribution in [0.1, 0.15) is 30.2 Å². The van der Waals surface area contributed by atoms with Crippen LogP contribution >= 0.6 is 0 Å². The van der Waals surface area contributed by atoms with Crippen LogP contribution in [0, 0.1) is 15.9 Å². The molecule has 10 heteroatoms. The van der Waals surface area contributed by atoms with E-state index in [1.54, 1.807) is 24.3 Å². The highest BCUT2D eigenvalue weighted by Crippen LogP contribution is 2.35. The predicted molar refractivity (Wildman–Crippen MR) is 118 cm³/mol. The van der Waals surface area contributed by atoms with Crippen LogP contribution in [0.3, 0.4) is 0 Å². The SMILES string of the molecule is COC(=O)/C=C\c1ccc(N2CCC[C@H](c3nc(-c4ccc(F)cc4)no3)C2)c([N+](=O)[O-])c1. The highest BCUT2D eigenvalue weighted by molar-refractivity contribution is 5.87. The molecule has 0 N–H and O–H groups in total. The third kappa shape index (κ3) is 5.05. The van der Waals surface area contributed by atoms with Gasteiger partial charge in [-0.15, -0.1) is 0 Å². The van der Waals surface area contributed by atoms with Crippen LogP contribution in [0.5, 0.6) is 0 Å². The Morgan fingerprint density at radius 1 is 1.30 bits per heavy atom. The zero-order valence-electron chi connectivity index (χ0n) is 17.8. The zero-order valence-corrected chi connectivity index (χ0v) is 17.8. The highest BCUT2D eigenvalue weighted by atomic mass is 19.1. The van der Waals surface area contributed by atoms with Gasteiger partial charge in [-0.3, -0.25) is 10.1 Å². The van der Waals surface area contributed by atoms with Crippen molar-refractivity contribution in [3.05, 3.63) is 75.9 Å². The maximum Gasteiger partial charge on any atom is 0.330 e. The van der Waals surface area contributed by atoms with Gasteiger partial charge in [-0.2, -0.15) is 4.98 Å². The first kappa shape index (κ1) is 22.1. The molecular formula is C23H21FN4O5. The average molecular weight is 452 g/mol. The predicted octanol–water partition coefficient (Wildman–Crippen LogP) is 4.35. The van der Waals surface area contributed by atoms with E-state index in [1.165, 1.54) is 37.5 Å². The number of hydrogen-bond donors (Lipinski definition) is 0. The Morgan fingerprint density at radius 3 is 2.82 bits per heavy atom. The number of aromatic nitrogens is 2. The summed E-state index contributed by atoms with van der Waals surface area (Å²) in [5.41, 5.74) is 1.59. The lowest BCUT2D eigenvalue weighted by molar-refractivity contribution is -0.384. The van der Waals surface area contributed by atoms with Gasteiger partial charge in [-0.05, 0) is 54.8 Å². The number of ether oxygens (including phenoxy) is 1. The quantitative estimate of drug-likeness (QED) is 0.235. The molecule has 33 heavy (non-hydrogen) atoms. The molecule has 1 aromatic heterocycles. The van der Waals surface area contributed by atoms with E-state index in [1.807, 2.05) is 4.90 Å². The van der Waals surface area contributed by atoms with Gasteiger partial charge in [-0.1, -0.05) is 11.2 Å². The van der Waals surface area contributed by atoms with Gasteiger partial charge in [0.15, 0.2) is 0 Å². The molecule has 0 saturated carbocycles. The number of piperidine rings is 1. The van der Waals surface area contributed by atoms with Crippen molar-refractivity contribution in [1.82, 2.24) is 10.1 Å². The Labute approximate surface area is 188 Å². The van der Waals surface area contributed by atoms with Crippen molar-refractivity contribution in [3.63, 3.8) is 0 Å². The standard InChI is InChI=1S/C23H21FN4O5/c1-32-21(29)11-5-15-4-10-19(20(13-15)28(30)31)27-12-2-3-17(14-27)23-25-22(26-33-23)16-6-8-18(24)9-7-16/h4-11,13,17H,2-3,12,14H2,1H3/b11-5-/t17-/m0/s1. The molecule has 170 valence electrons. The number of hydrogen-bond acceptors (Lipinski definition) is 8. The molecule has 0 radical (unpaired) electrons. The molecule has 1 aliphatic rings. The van der Waals surface area contributed by atoms with E-state index in [4.69, 9.17) is 4.52 Å². The molecule has 9 nitrogen and oxygen atoms in total. The number of carbonyl (C=O) groups excluding carboxylic acids is 1. The van der Waals surface area contributed by atoms with E-state index in [0.29, 0.717) is 41.6 Å². The number of halogens is 1.